The van der Waals surface area contributed by atoms with E-state index in [1.165, 1.54) is 20.1 Å². The Morgan fingerprint density at radius 1 is 1.06 bits per heavy atom. The summed E-state index contributed by atoms with van der Waals surface area (Å²) in [6.07, 6.45) is 3.25. The smallest absolute Gasteiger partial charge is 0.247 e. The van der Waals surface area contributed by atoms with E-state index in [0.717, 1.165) is 16.7 Å². The van der Waals surface area contributed by atoms with E-state index in [-0.39, 0.29) is 24.5 Å². The summed E-state index contributed by atoms with van der Waals surface area (Å²) in [5.74, 6) is 0.615. The fraction of sp³-hybridized carbons (Fsp3) is 0.207. The van der Waals surface area contributed by atoms with Gasteiger partial charge in [0.05, 0.1) is 13.2 Å². The molecular weight excluding hydrogens is 454 g/mol. The van der Waals surface area contributed by atoms with Gasteiger partial charge >= 0.3 is 0 Å². The van der Waals surface area contributed by atoms with Gasteiger partial charge in [0.2, 0.25) is 11.8 Å². The standard InChI is InChI=1S/C29H29N3O4/c1-21(25-10-7-11-26(19-25)31-22(2)33)32(20-24-8-5-4-6-9-24)29(34)15-13-23-12-14-27(36-17-16-30)28(18-23)35-3/h4-15,18-19,21H,17,20H2,1-3H3,(H,31,33)/b15-13+. The number of nitrogens with one attached hydrogen (secondary N) is 1. The highest BCUT2D eigenvalue weighted by Crippen LogP contribution is 2.29. The summed E-state index contributed by atoms with van der Waals surface area (Å²) in [6, 6.07) is 24.2. The lowest BCUT2D eigenvalue weighted by Crippen LogP contribution is -2.31. The molecule has 1 N–H and O–H groups in total. The van der Waals surface area contributed by atoms with Crippen LogP contribution in [0, 0.1) is 11.3 Å². The highest BCUT2D eigenvalue weighted by atomic mass is 16.5. The van der Waals surface area contributed by atoms with Crippen molar-refractivity contribution in [3.63, 3.8) is 0 Å². The van der Waals surface area contributed by atoms with Gasteiger partial charge in [0.25, 0.3) is 0 Å². The largest absolute Gasteiger partial charge is 0.493 e. The summed E-state index contributed by atoms with van der Waals surface area (Å²) in [7, 11) is 1.52. The third-order valence-corrected chi connectivity index (χ3v) is 5.53. The number of ether oxygens (including phenoxy) is 2. The molecule has 7 nitrogen and oxygen atoms in total. The molecule has 0 aliphatic carbocycles. The fourth-order valence-corrected chi connectivity index (χ4v) is 3.73. The van der Waals surface area contributed by atoms with E-state index in [4.69, 9.17) is 14.7 Å². The lowest BCUT2D eigenvalue weighted by Gasteiger charge is -2.29. The number of amides is 2. The second kappa shape index (κ2) is 12.8. The van der Waals surface area contributed by atoms with Gasteiger partial charge in [-0.3, -0.25) is 9.59 Å². The van der Waals surface area contributed by atoms with E-state index in [2.05, 4.69) is 5.32 Å². The van der Waals surface area contributed by atoms with Crippen LogP contribution < -0.4 is 14.8 Å². The molecule has 0 saturated heterocycles. The van der Waals surface area contributed by atoms with Crippen LogP contribution in [0.15, 0.2) is 78.9 Å². The first kappa shape index (κ1) is 26.0. The predicted molar refractivity (Wildman–Crippen MR) is 139 cm³/mol. The minimum atomic E-state index is -0.257. The van der Waals surface area contributed by atoms with Crippen LogP contribution in [-0.2, 0) is 16.1 Å². The Hall–Kier alpha value is -4.57. The summed E-state index contributed by atoms with van der Waals surface area (Å²) >= 11 is 0. The molecule has 0 saturated carbocycles. The van der Waals surface area contributed by atoms with Gasteiger partial charge in [0.15, 0.2) is 18.1 Å². The number of carbonyl (C=O) groups excluding carboxylic acids is 2. The van der Waals surface area contributed by atoms with Crippen molar-refractivity contribution in [3.8, 4) is 17.6 Å². The first-order valence-electron chi connectivity index (χ1n) is 11.5. The van der Waals surface area contributed by atoms with E-state index in [0.29, 0.717) is 23.7 Å². The molecule has 0 aliphatic heterocycles. The molecule has 3 rings (SSSR count). The van der Waals surface area contributed by atoms with Crippen LogP contribution in [0.5, 0.6) is 11.5 Å². The molecule has 184 valence electrons. The number of carbonyl (C=O) groups is 2. The molecule has 3 aromatic rings. The summed E-state index contributed by atoms with van der Waals surface area (Å²) in [4.78, 5) is 26.7. The van der Waals surface area contributed by atoms with Crippen molar-refractivity contribution in [2.24, 2.45) is 0 Å². The topological polar surface area (TPSA) is 91.7 Å². The van der Waals surface area contributed by atoms with E-state index in [9.17, 15) is 9.59 Å². The first-order valence-corrected chi connectivity index (χ1v) is 11.5. The van der Waals surface area contributed by atoms with Crippen LogP contribution in [-0.4, -0.2) is 30.4 Å². The quantitative estimate of drug-likeness (QED) is 0.392. The van der Waals surface area contributed by atoms with Crippen LogP contribution in [0.4, 0.5) is 5.69 Å². The minimum absolute atomic E-state index is 0.0838. The SMILES string of the molecule is COc1cc(/C=C/C(=O)N(Cc2ccccc2)C(C)c2cccc(NC(C)=O)c2)ccc1OCC#N. The van der Waals surface area contributed by atoms with Gasteiger partial charge in [-0.1, -0.05) is 48.5 Å². The van der Waals surface area contributed by atoms with Gasteiger partial charge in [-0.05, 0) is 54.0 Å². The van der Waals surface area contributed by atoms with E-state index < -0.39 is 0 Å². The number of methoxy groups -OCH3 is 1. The van der Waals surface area contributed by atoms with Crippen molar-refractivity contribution in [1.82, 2.24) is 4.90 Å². The van der Waals surface area contributed by atoms with Crippen molar-refractivity contribution in [2.75, 3.05) is 19.0 Å². The molecule has 0 heterocycles. The maximum absolute atomic E-state index is 13.4. The summed E-state index contributed by atoms with van der Waals surface area (Å²) in [6.45, 7) is 3.76. The molecule has 0 aromatic heterocycles. The summed E-state index contributed by atoms with van der Waals surface area (Å²) < 4.78 is 10.7. The van der Waals surface area contributed by atoms with Crippen LogP contribution in [0.1, 0.15) is 36.6 Å². The van der Waals surface area contributed by atoms with E-state index in [1.54, 1.807) is 29.2 Å². The molecule has 2 amide bonds. The lowest BCUT2D eigenvalue weighted by molar-refractivity contribution is -0.128. The van der Waals surface area contributed by atoms with Gasteiger partial charge in [0, 0.05) is 25.2 Å². The number of hydrogen-bond acceptors (Lipinski definition) is 5. The Balaban J connectivity index is 1.87. The van der Waals surface area contributed by atoms with Gasteiger partial charge in [-0.25, -0.2) is 0 Å². The molecule has 0 spiro atoms. The monoisotopic (exact) mass is 483 g/mol. The number of benzene rings is 3. The van der Waals surface area contributed by atoms with Crippen LogP contribution in [0.2, 0.25) is 0 Å². The molecule has 0 bridgehead atoms. The molecule has 7 heteroatoms. The normalized spacial score (nSPS) is 11.4. The van der Waals surface area contributed by atoms with Crippen LogP contribution in [0.3, 0.4) is 0 Å². The van der Waals surface area contributed by atoms with Crippen LogP contribution in [0.25, 0.3) is 6.08 Å². The Labute approximate surface area is 211 Å². The Kier molecular flexibility index (Phi) is 9.24. The highest BCUT2D eigenvalue weighted by molar-refractivity contribution is 5.92. The van der Waals surface area contributed by atoms with Crippen molar-refractivity contribution in [2.45, 2.75) is 26.4 Å². The Morgan fingerprint density at radius 2 is 1.83 bits per heavy atom. The number of nitriles is 1. The number of nitrogens with zero attached hydrogens (tertiary/aromatic N) is 2. The fourth-order valence-electron chi connectivity index (χ4n) is 3.73. The van der Waals surface area contributed by atoms with Gasteiger partial charge in [-0.15, -0.1) is 0 Å². The van der Waals surface area contributed by atoms with Crippen molar-refractivity contribution >= 4 is 23.6 Å². The number of anilines is 1. The molecule has 1 atom stereocenters. The van der Waals surface area contributed by atoms with Crippen molar-refractivity contribution < 1.29 is 19.1 Å². The molecule has 36 heavy (non-hydrogen) atoms. The van der Waals surface area contributed by atoms with Gasteiger partial charge < -0.3 is 19.7 Å². The van der Waals surface area contributed by atoms with Crippen LogP contribution >= 0.6 is 0 Å². The maximum Gasteiger partial charge on any atom is 0.247 e. The molecule has 0 radical (unpaired) electrons. The van der Waals surface area contributed by atoms with E-state index >= 15 is 0 Å². The minimum Gasteiger partial charge on any atom is -0.493 e. The predicted octanol–water partition coefficient (Wildman–Crippen LogP) is 5.36. The second-order valence-electron chi connectivity index (χ2n) is 8.12. The zero-order valence-electron chi connectivity index (χ0n) is 20.6. The summed E-state index contributed by atoms with van der Waals surface area (Å²) in [5.41, 5.74) is 3.34. The number of hydrogen-bond donors (Lipinski definition) is 1. The van der Waals surface area contributed by atoms with Crippen molar-refractivity contribution in [3.05, 3.63) is 95.6 Å². The summed E-state index contributed by atoms with van der Waals surface area (Å²) in [5, 5.41) is 11.5. The lowest BCUT2D eigenvalue weighted by atomic mass is 10.0. The number of rotatable bonds is 10. The second-order valence-corrected chi connectivity index (χ2v) is 8.12. The van der Waals surface area contributed by atoms with Crippen molar-refractivity contribution in [1.29, 1.82) is 5.26 Å². The Bertz CT molecular complexity index is 1270. The molecule has 0 aliphatic rings. The third-order valence-electron chi connectivity index (χ3n) is 5.53. The molecule has 0 fully saturated rings. The average Bonchev–Trinajstić information content (AvgIpc) is 2.89. The molecule has 3 aromatic carbocycles. The average molecular weight is 484 g/mol. The zero-order valence-corrected chi connectivity index (χ0v) is 20.6. The van der Waals surface area contributed by atoms with E-state index in [1.807, 2.05) is 67.6 Å². The van der Waals surface area contributed by atoms with Gasteiger partial charge in [0.1, 0.15) is 6.07 Å². The van der Waals surface area contributed by atoms with Gasteiger partial charge in [-0.2, -0.15) is 5.26 Å². The first-order chi connectivity index (χ1) is 17.4. The Morgan fingerprint density at radius 3 is 2.53 bits per heavy atom. The third kappa shape index (κ3) is 7.21. The maximum atomic E-state index is 13.4. The highest BCUT2D eigenvalue weighted by Gasteiger charge is 2.21. The molecular formula is C29H29N3O4. The molecule has 1 unspecified atom stereocenters. The zero-order chi connectivity index (χ0) is 25.9.